The van der Waals surface area contributed by atoms with Gasteiger partial charge < -0.3 is 15.6 Å². The number of anilines is 1. The number of aryl methyl sites for hydroxylation is 1. The van der Waals surface area contributed by atoms with Gasteiger partial charge in [-0.15, -0.1) is 0 Å². The number of rotatable bonds is 4. The van der Waals surface area contributed by atoms with E-state index in [1.807, 2.05) is 18.7 Å². The van der Waals surface area contributed by atoms with E-state index in [4.69, 9.17) is 15.7 Å². The van der Waals surface area contributed by atoms with Crippen LogP contribution in [0.5, 0.6) is 0 Å². The number of aliphatic hydroxyl groups is 1. The quantitative estimate of drug-likeness (QED) is 0.782. The second-order valence-corrected chi connectivity index (χ2v) is 5.17. The molecule has 1 aromatic heterocycles. The summed E-state index contributed by atoms with van der Waals surface area (Å²) in [5.74, 6) is 0. The third kappa shape index (κ3) is 3.28. The minimum Gasteiger partial charge on any atom is -0.396 e. The molecule has 2 heterocycles. The molecule has 3 N–H and O–H groups in total. The van der Waals surface area contributed by atoms with Crippen LogP contribution in [-0.4, -0.2) is 58.2 Å². The van der Waals surface area contributed by atoms with E-state index < -0.39 is 12.2 Å². The first-order valence-corrected chi connectivity index (χ1v) is 6.72. The summed E-state index contributed by atoms with van der Waals surface area (Å²) < 4.78 is 7.01. The number of ether oxygens (including phenoxy) is 1. The molecule has 0 spiro atoms. The summed E-state index contributed by atoms with van der Waals surface area (Å²) in [5.41, 5.74) is 8.20. The minimum absolute atomic E-state index is 0.401. The fourth-order valence-corrected chi connectivity index (χ4v) is 2.39. The van der Waals surface area contributed by atoms with E-state index in [0.29, 0.717) is 31.9 Å². The monoisotopic (exact) mass is 279 g/mol. The Labute approximate surface area is 118 Å². The Morgan fingerprint density at radius 3 is 2.90 bits per heavy atom. The second kappa shape index (κ2) is 6.22. The van der Waals surface area contributed by atoms with Crippen LogP contribution in [0.3, 0.4) is 0 Å². The highest BCUT2D eigenvalue weighted by Gasteiger charge is 2.22. The molecule has 1 aliphatic heterocycles. The Morgan fingerprint density at radius 1 is 1.55 bits per heavy atom. The molecule has 0 saturated carbocycles. The lowest BCUT2D eigenvalue weighted by atomic mass is 10.2. The molecular weight excluding hydrogens is 258 g/mol. The molecular formula is C13H21N5O2. The van der Waals surface area contributed by atoms with Crippen LogP contribution in [0.25, 0.3) is 0 Å². The molecule has 7 heteroatoms. The maximum absolute atomic E-state index is 10.2. The molecule has 1 aliphatic rings. The molecule has 0 amide bonds. The fourth-order valence-electron chi connectivity index (χ4n) is 2.39. The Balaban J connectivity index is 1.90. The zero-order valence-electron chi connectivity index (χ0n) is 11.9. The number of nitriles is 1. The molecule has 1 saturated heterocycles. The van der Waals surface area contributed by atoms with Crippen molar-refractivity contribution >= 4 is 5.69 Å². The summed E-state index contributed by atoms with van der Waals surface area (Å²) in [6.07, 6.45) is -0.954. The number of morpholine rings is 1. The predicted molar refractivity (Wildman–Crippen MR) is 73.9 cm³/mol. The van der Waals surface area contributed by atoms with Gasteiger partial charge in [-0.2, -0.15) is 10.4 Å². The highest BCUT2D eigenvalue weighted by Crippen LogP contribution is 2.15. The summed E-state index contributed by atoms with van der Waals surface area (Å²) in [5, 5.41) is 23.3. The van der Waals surface area contributed by atoms with Crippen LogP contribution in [0.15, 0.2) is 0 Å². The minimum atomic E-state index is -0.551. The largest absolute Gasteiger partial charge is 0.396 e. The van der Waals surface area contributed by atoms with Gasteiger partial charge in [0.1, 0.15) is 0 Å². The number of hydrogen-bond acceptors (Lipinski definition) is 6. The summed E-state index contributed by atoms with van der Waals surface area (Å²) in [4.78, 5) is 2.04. The maximum atomic E-state index is 10.2. The number of aliphatic hydroxyl groups excluding tert-OH is 1. The van der Waals surface area contributed by atoms with Gasteiger partial charge in [-0.25, -0.2) is 0 Å². The highest BCUT2D eigenvalue weighted by molar-refractivity contribution is 5.46. The molecule has 1 fully saturated rings. The zero-order valence-corrected chi connectivity index (χ0v) is 11.9. The van der Waals surface area contributed by atoms with Gasteiger partial charge in [-0.3, -0.25) is 9.58 Å². The van der Waals surface area contributed by atoms with E-state index in [-0.39, 0.29) is 0 Å². The van der Waals surface area contributed by atoms with E-state index in [9.17, 15) is 5.11 Å². The van der Waals surface area contributed by atoms with Crippen LogP contribution in [0.1, 0.15) is 11.4 Å². The fraction of sp³-hybridized carbons (Fsp3) is 0.692. The highest BCUT2D eigenvalue weighted by atomic mass is 16.5. The van der Waals surface area contributed by atoms with E-state index in [1.54, 1.807) is 4.68 Å². The molecule has 1 aromatic rings. The topological polar surface area (TPSA) is 100 Å². The van der Waals surface area contributed by atoms with E-state index in [1.165, 1.54) is 0 Å². The van der Waals surface area contributed by atoms with Gasteiger partial charge in [-0.05, 0) is 13.8 Å². The van der Waals surface area contributed by atoms with Gasteiger partial charge in [0.2, 0.25) is 0 Å². The van der Waals surface area contributed by atoms with Crippen LogP contribution < -0.4 is 5.73 Å². The van der Waals surface area contributed by atoms with Crippen LogP contribution in [0, 0.1) is 25.2 Å². The lowest BCUT2D eigenvalue weighted by Gasteiger charge is -2.31. The van der Waals surface area contributed by atoms with Crippen molar-refractivity contribution in [3.8, 4) is 6.07 Å². The van der Waals surface area contributed by atoms with Crippen molar-refractivity contribution in [2.45, 2.75) is 32.6 Å². The zero-order chi connectivity index (χ0) is 14.7. The standard InChI is InChI=1S/C13H21N5O2/c1-9-13(15)10(2)18(16-9)7-11(19)6-17-3-4-20-12(5-14)8-17/h11-12,19H,3-4,6-8,15H2,1-2H3. The van der Waals surface area contributed by atoms with Crippen molar-refractivity contribution in [1.82, 2.24) is 14.7 Å². The molecule has 0 aliphatic carbocycles. The third-order valence-corrected chi connectivity index (χ3v) is 3.58. The molecule has 0 bridgehead atoms. The first kappa shape index (κ1) is 14.8. The number of nitrogen functional groups attached to an aromatic ring is 1. The van der Waals surface area contributed by atoms with Gasteiger partial charge in [0.05, 0.1) is 42.4 Å². The van der Waals surface area contributed by atoms with Gasteiger partial charge in [0.15, 0.2) is 6.10 Å². The maximum Gasteiger partial charge on any atom is 0.156 e. The molecule has 2 unspecified atom stereocenters. The van der Waals surface area contributed by atoms with Crippen molar-refractivity contribution < 1.29 is 9.84 Å². The summed E-state index contributed by atoms with van der Waals surface area (Å²) >= 11 is 0. The van der Waals surface area contributed by atoms with Crippen molar-refractivity contribution in [2.24, 2.45) is 0 Å². The molecule has 20 heavy (non-hydrogen) atoms. The van der Waals surface area contributed by atoms with Crippen LogP contribution >= 0.6 is 0 Å². The Kier molecular flexibility index (Phi) is 4.60. The SMILES string of the molecule is Cc1nn(CC(O)CN2CCOC(C#N)C2)c(C)c1N. The first-order valence-electron chi connectivity index (χ1n) is 6.72. The van der Waals surface area contributed by atoms with E-state index in [2.05, 4.69) is 11.2 Å². The lowest BCUT2D eigenvalue weighted by Crippen LogP contribution is -2.45. The number of nitrogens with two attached hydrogens (primary N) is 1. The van der Waals surface area contributed by atoms with Crippen LogP contribution in [-0.2, 0) is 11.3 Å². The third-order valence-electron chi connectivity index (χ3n) is 3.58. The van der Waals surface area contributed by atoms with Gasteiger partial charge >= 0.3 is 0 Å². The molecule has 0 aromatic carbocycles. The molecule has 0 radical (unpaired) electrons. The number of hydrogen-bond donors (Lipinski definition) is 2. The van der Waals surface area contributed by atoms with Gasteiger partial charge in [-0.1, -0.05) is 0 Å². The van der Waals surface area contributed by atoms with Crippen LogP contribution in [0.4, 0.5) is 5.69 Å². The molecule has 110 valence electrons. The van der Waals surface area contributed by atoms with Crippen molar-refractivity contribution in [3.05, 3.63) is 11.4 Å². The predicted octanol–water partition coefficient (Wildman–Crippen LogP) is -0.333. The Hall–Kier alpha value is -1.62. The van der Waals surface area contributed by atoms with Gasteiger partial charge in [0.25, 0.3) is 0 Å². The summed E-state index contributed by atoms with van der Waals surface area (Å²) in [6, 6.07) is 2.10. The normalized spacial score (nSPS) is 21.6. The van der Waals surface area contributed by atoms with E-state index in [0.717, 1.165) is 17.9 Å². The molecule has 2 atom stereocenters. The molecule has 7 nitrogen and oxygen atoms in total. The molecule has 2 rings (SSSR count). The summed E-state index contributed by atoms with van der Waals surface area (Å²) in [6.45, 7) is 6.44. The van der Waals surface area contributed by atoms with Crippen molar-refractivity contribution in [2.75, 3.05) is 32.0 Å². The van der Waals surface area contributed by atoms with Gasteiger partial charge in [0, 0.05) is 19.6 Å². The smallest absolute Gasteiger partial charge is 0.156 e. The Bertz CT molecular complexity index is 508. The van der Waals surface area contributed by atoms with E-state index >= 15 is 0 Å². The average Bonchev–Trinajstić information content (AvgIpc) is 2.66. The first-order chi connectivity index (χ1) is 9.51. The van der Waals surface area contributed by atoms with Crippen LogP contribution in [0.2, 0.25) is 0 Å². The van der Waals surface area contributed by atoms with Crippen molar-refractivity contribution in [1.29, 1.82) is 5.26 Å². The number of nitrogens with zero attached hydrogens (tertiary/aromatic N) is 4. The second-order valence-electron chi connectivity index (χ2n) is 5.17. The lowest BCUT2D eigenvalue weighted by molar-refractivity contribution is -0.0180. The average molecular weight is 279 g/mol. The van der Waals surface area contributed by atoms with Crippen molar-refractivity contribution in [3.63, 3.8) is 0 Å². The number of aromatic nitrogens is 2. The summed E-state index contributed by atoms with van der Waals surface area (Å²) in [7, 11) is 0. The number of β-amino-alcohol motifs (C(OH)–C–C–N with tert-alkyl or cyclic N) is 1. The Morgan fingerprint density at radius 2 is 2.30 bits per heavy atom.